The fraction of sp³-hybridized carbons (Fsp3) is 0.231. The van der Waals surface area contributed by atoms with Crippen LogP contribution in [-0.2, 0) is 13.6 Å². The second-order valence-electron chi connectivity index (χ2n) is 4.37. The van der Waals surface area contributed by atoms with Crippen molar-refractivity contribution in [2.75, 3.05) is 11.1 Å². The van der Waals surface area contributed by atoms with Gasteiger partial charge in [0.2, 0.25) is 0 Å². The maximum absolute atomic E-state index is 10.8. The van der Waals surface area contributed by atoms with Crippen LogP contribution >= 0.6 is 0 Å². The number of nitrogens with one attached hydrogen (secondary N) is 1. The zero-order chi connectivity index (χ0) is 14.0. The molecule has 0 spiro atoms. The van der Waals surface area contributed by atoms with E-state index in [9.17, 15) is 4.79 Å². The van der Waals surface area contributed by atoms with Crippen molar-refractivity contribution in [1.29, 1.82) is 0 Å². The summed E-state index contributed by atoms with van der Waals surface area (Å²) >= 11 is 0. The average Bonchev–Trinajstić information content (AvgIpc) is 2.66. The number of carbonyl (C=O) groups is 1. The first-order valence-corrected chi connectivity index (χ1v) is 5.83. The van der Waals surface area contributed by atoms with Gasteiger partial charge in [0.1, 0.15) is 0 Å². The Labute approximate surface area is 110 Å². The van der Waals surface area contributed by atoms with E-state index in [1.54, 1.807) is 10.7 Å². The predicted octanol–water partition coefficient (Wildman–Crippen LogP) is 1.62. The number of nitrogen functional groups attached to an aromatic ring is 1. The van der Waals surface area contributed by atoms with E-state index in [1.807, 2.05) is 20.2 Å². The molecule has 0 unspecified atom stereocenters. The summed E-state index contributed by atoms with van der Waals surface area (Å²) in [5.74, 6) is -0.985. The topological polar surface area (TPSA) is 93.2 Å². The smallest absolute Gasteiger partial charge is 0.335 e. The highest BCUT2D eigenvalue weighted by Gasteiger charge is 2.07. The van der Waals surface area contributed by atoms with Crippen LogP contribution in [0.15, 0.2) is 24.4 Å². The highest BCUT2D eigenvalue weighted by molar-refractivity contribution is 5.90. The summed E-state index contributed by atoms with van der Waals surface area (Å²) in [4.78, 5) is 10.8. The zero-order valence-corrected chi connectivity index (χ0v) is 10.8. The molecule has 2 rings (SSSR count). The molecule has 6 nitrogen and oxygen atoms in total. The molecular weight excluding hydrogens is 244 g/mol. The molecule has 1 heterocycles. The highest BCUT2D eigenvalue weighted by atomic mass is 16.4. The van der Waals surface area contributed by atoms with E-state index in [2.05, 4.69) is 10.4 Å². The summed E-state index contributed by atoms with van der Waals surface area (Å²) in [6.07, 6.45) is 1.93. The lowest BCUT2D eigenvalue weighted by molar-refractivity contribution is 0.0697. The van der Waals surface area contributed by atoms with Crippen molar-refractivity contribution >= 4 is 17.3 Å². The first-order valence-electron chi connectivity index (χ1n) is 5.83. The van der Waals surface area contributed by atoms with Gasteiger partial charge < -0.3 is 16.2 Å². The molecule has 0 saturated heterocycles. The standard InChI is InChI=1S/C13H16N4O2/c1-8-10(7-17(2)16-8)6-15-12-4-3-9(13(18)19)5-11(12)14/h3-5,7,15H,6,14H2,1-2H3,(H,18,19). The molecule has 2 aromatic rings. The van der Waals surface area contributed by atoms with Crippen molar-refractivity contribution in [2.45, 2.75) is 13.5 Å². The van der Waals surface area contributed by atoms with Gasteiger partial charge in [-0.2, -0.15) is 5.10 Å². The van der Waals surface area contributed by atoms with Crippen LogP contribution < -0.4 is 11.1 Å². The highest BCUT2D eigenvalue weighted by Crippen LogP contribution is 2.21. The van der Waals surface area contributed by atoms with Crippen LogP contribution in [-0.4, -0.2) is 20.9 Å². The molecule has 4 N–H and O–H groups in total. The van der Waals surface area contributed by atoms with E-state index < -0.39 is 5.97 Å². The minimum absolute atomic E-state index is 0.181. The second kappa shape index (κ2) is 5.01. The molecular formula is C13H16N4O2. The summed E-state index contributed by atoms with van der Waals surface area (Å²) in [5, 5.41) is 16.3. The van der Waals surface area contributed by atoms with Gasteiger partial charge in [-0.25, -0.2) is 4.79 Å². The van der Waals surface area contributed by atoms with E-state index in [0.717, 1.165) is 11.3 Å². The van der Waals surface area contributed by atoms with E-state index >= 15 is 0 Å². The number of aromatic nitrogens is 2. The molecule has 1 aromatic carbocycles. The number of benzene rings is 1. The molecule has 100 valence electrons. The summed E-state index contributed by atoms with van der Waals surface area (Å²) in [6.45, 7) is 2.53. The Balaban J connectivity index is 2.12. The fourth-order valence-corrected chi connectivity index (χ4v) is 1.87. The third-order valence-electron chi connectivity index (χ3n) is 2.88. The molecule has 6 heteroatoms. The third-order valence-corrected chi connectivity index (χ3v) is 2.88. The van der Waals surface area contributed by atoms with Crippen LogP contribution in [0, 0.1) is 6.92 Å². The lowest BCUT2D eigenvalue weighted by Gasteiger charge is -2.09. The maximum Gasteiger partial charge on any atom is 0.335 e. The van der Waals surface area contributed by atoms with Gasteiger partial charge in [-0.05, 0) is 25.1 Å². The molecule has 0 atom stereocenters. The van der Waals surface area contributed by atoms with Gasteiger partial charge in [0.15, 0.2) is 0 Å². The molecule has 0 saturated carbocycles. The normalized spacial score (nSPS) is 10.4. The number of hydrogen-bond acceptors (Lipinski definition) is 4. The number of anilines is 2. The van der Waals surface area contributed by atoms with Crippen LogP contribution in [0.1, 0.15) is 21.6 Å². The predicted molar refractivity (Wildman–Crippen MR) is 73.1 cm³/mol. The number of nitrogens with zero attached hydrogens (tertiary/aromatic N) is 2. The van der Waals surface area contributed by atoms with Gasteiger partial charge in [0.25, 0.3) is 0 Å². The van der Waals surface area contributed by atoms with Gasteiger partial charge in [-0.15, -0.1) is 0 Å². The summed E-state index contributed by atoms with van der Waals surface area (Å²) in [7, 11) is 1.87. The van der Waals surface area contributed by atoms with Gasteiger partial charge in [0.05, 0.1) is 22.6 Å². The number of aromatic carboxylic acids is 1. The SMILES string of the molecule is Cc1nn(C)cc1CNc1ccc(C(=O)O)cc1N. The van der Waals surface area contributed by atoms with E-state index in [-0.39, 0.29) is 5.56 Å². The third kappa shape index (κ3) is 2.85. The quantitative estimate of drug-likeness (QED) is 0.726. The Morgan fingerprint density at radius 3 is 2.79 bits per heavy atom. The molecule has 1 aromatic heterocycles. The summed E-state index contributed by atoms with van der Waals surface area (Å²) in [6, 6.07) is 4.64. The molecule has 0 amide bonds. The van der Waals surface area contributed by atoms with E-state index in [1.165, 1.54) is 12.1 Å². The van der Waals surface area contributed by atoms with Crippen LogP contribution in [0.5, 0.6) is 0 Å². The first kappa shape index (κ1) is 12.9. The van der Waals surface area contributed by atoms with Crippen molar-refractivity contribution in [3.63, 3.8) is 0 Å². The lowest BCUT2D eigenvalue weighted by atomic mass is 10.1. The second-order valence-corrected chi connectivity index (χ2v) is 4.37. The van der Waals surface area contributed by atoms with Gasteiger partial charge in [-0.3, -0.25) is 4.68 Å². The minimum Gasteiger partial charge on any atom is -0.478 e. The Morgan fingerprint density at radius 1 is 1.53 bits per heavy atom. The molecule has 0 radical (unpaired) electrons. The van der Waals surface area contributed by atoms with Crippen LogP contribution in [0.2, 0.25) is 0 Å². The van der Waals surface area contributed by atoms with Crippen LogP contribution in [0.25, 0.3) is 0 Å². The zero-order valence-electron chi connectivity index (χ0n) is 10.8. The molecule has 19 heavy (non-hydrogen) atoms. The Bertz CT molecular complexity index is 619. The molecule has 0 aliphatic carbocycles. The molecule has 0 fully saturated rings. The van der Waals surface area contributed by atoms with Crippen LogP contribution in [0.3, 0.4) is 0 Å². The fourth-order valence-electron chi connectivity index (χ4n) is 1.87. The van der Waals surface area contributed by atoms with Crippen molar-refractivity contribution in [1.82, 2.24) is 9.78 Å². The van der Waals surface area contributed by atoms with Crippen molar-refractivity contribution in [3.8, 4) is 0 Å². The Hall–Kier alpha value is -2.50. The number of nitrogens with two attached hydrogens (primary N) is 1. The molecule has 0 bridgehead atoms. The number of aryl methyl sites for hydroxylation is 2. The average molecular weight is 260 g/mol. The first-order chi connectivity index (χ1) is 8.97. The number of carboxylic acid groups (broad SMARTS) is 1. The van der Waals surface area contributed by atoms with Crippen molar-refractivity contribution in [2.24, 2.45) is 7.05 Å². The molecule has 0 aliphatic heterocycles. The molecule has 0 aliphatic rings. The number of hydrogen-bond donors (Lipinski definition) is 3. The van der Waals surface area contributed by atoms with Crippen LogP contribution in [0.4, 0.5) is 11.4 Å². The van der Waals surface area contributed by atoms with Gasteiger partial charge in [0, 0.05) is 25.4 Å². The summed E-state index contributed by atoms with van der Waals surface area (Å²) < 4.78 is 1.75. The summed E-state index contributed by atoms with van der Waals surface area (Å²) in [5.41, 5.74) is 9.16. The van der Waals surface area contributed by atoms with Crippen molar-refractivity contribution in [3.05, 3.63) is 41.2 Å². The number of rotatable bonds is 4. The Kier molecular flexibility index (Phi) is 3.41. The van der Waals surface area contributed by atoms with Gasteiger partial charge in [-0.1, -0.05) is 0 Å². The van der Waals surface area contributed by atoms with E-state index in [4.69, 9.17) is 10.8 Å². The minimum atomic E-state index is -0.985. The lowest BCUT2D eigenvalue weighted by Crippen LogP contribution is -2.05. The maximum atomic E-state index is 10.8. The monoisotopic (exact) mass is 260 g/mol. The largest absolute Gasteiger partial charge is 0.478 e. The Morgan fingerprint density at radius 2 is 2.26 bits per heavy atom. The van der Waals surface area contributed by atoms with Crippen molar-refractivity contribution < 1.29 is 9.90 Å². The number of carboxylic acids is 1. The van der Waals surface area contributed by atoms with Gasteiger partial charge >= 0.3 is 5.97 Å². The van der Waals surface area contributed by atoms with E-state index in [0.29, 0.717) is 17.9 Å².